The Morgan fingerprint density at radius 2 is 1.90 bits per heavy atom. The minimum Gasteiger partial charge on any atom is -0.481 e. The monoisotopic (exact) mass is 311 g/mol. The Labute approximate surface area is 123 Å². The first-order valence-electron chi connectivity index (χ1n) is 6.63. The Morgan fingerprint density at radius 1 is 1.29 bits per heavy atom. The third-order valence-electron chi connectivity index (χ3n) is 3.61. The molecule has 2 rings (SSSR count). The normalized spacial score (nSPS) is 19.6. The summed E-state index contributed by atoms with van der Waals surface area (Å²) in [5.74, 6) is -1.18. The van der Waals surface area contributed by atoms with E-state index < -0.39 is 16.0 Å². The van der Waals surface area contributed by atoms with Crippen molar-refractivity contribution in [1.29, 1.82) is 0 Å². The van der Waals surface area contributed by atoms with Gasteiger partial charge in [-0.1, -0.05) is 12.1 Å². The maximum absolute atomic E-state index is 12.4. The molecule has 7 heteroatoms. The molecule has 1 saturated heterocycles. The van der Waals surface area contributed by atoms with E-state index in [2.05, 4.69) is 0 Å². The molecule has 1 atom stereocenters. The predicted molar refractivity (Wildman–Crippen MR) is 75.6 cm³/mol. The molecule has 0 radical (unpaired) electrons. The molecule has 0 spiro atoms. The molecule has 0 bridgehead atoms. The Morgan fingerprint density at radius 3 is 2.43 bits per heavy atom. The van der Waals surface area contributed by atoms with Crippen molar-refractivity contribution in [3.63, 3.8) is 0 Å². The van der Waals surface area contributed by atoms with Gasteiger partial charge in [0.1, 0.15) is 0 Å². The standard InChI is InChI=1S/C14H17NO5S/c1-10(16)12-2-4-13(5-3-12)21(19,20)15-7-6-11(9-15)8-14(17)18/h2-5,11H,6-9H2,1H3,(H,17,18). The van der Waals surface area contributed by atoms with Crippen molar-refractivity contribution < 1.29 is 23.1 Å². The number of carbonyl (C=O) groups excluding carboxylic acids is 1. The summed E-state index contributed by atoms with van der Waals surface area (Å²) in [7, 11) is -3.62. The molecule has 1 unspecified atom stereocenters. The Hall–Kier alpha value is -1.73. The molecule has 0 aliphatic carbocycles. The number of carboxylic acid groups (broad SMARTS) is 1. The highest BCUT2D eigenvalue weighted by Crippen LogP contribution is 2.26. The minimum atomic E-state index is -3.62. The molecule has 1 aromatic rings. The van der Waals surface area contributed by atoms with Crippen LogP contribution in [0, 0.1) is 5.92 Å². The number of aliphatic carboxylic acids is 1. The average Bonchev–Trinajstić information content (AvgIpc) is 2.87. The predicted octanol–water partition coefficient (Wildman–Crippen LogP) is 1.37. The van der Waals surface area contributed by atoms with Crippen LogP contribution >= 0.6 is 0 Å². The molecule has 1 fully saturated rings. The van der Waals surface area contributed by atoms with Gasteiger partial charge in [0.15, 0.2) is 5.78 Å². The Kier molecular flexibility index (Phi) is 4.43. The van der Waals surface area contributed by atoms with E-state index in [0.29, 0.717) is 18.5 Å². The number of carboxylic acids is 1. The summed E-state index contributed by atoms with van der Waals surface area (Å²) >= 11 is 0. The first-order valence-corrected chi connectivity index (χ1v) is 8.07. The van der Waals surface area contributed by atoms with E-state index in [1.807, 2.05) is 0 Å². The summed E-state index contributed by atoms with van der Waals surface area (Å²) in [4.78, 5) is 22.0. The molecular weight excluding hydrogens is 294 g/mol. The van der Waals surface area contributed by atoms with E-state index in [4.69, 9.17) is 5.11 Å². The third-order valence-corrected chi connectivity index (χ3v) is 5.49. The van der Waals surface area contributed by atoms with Gasteiger partial charge in [-0.25, -0.2) is 8.42 Å². The fourth-order valence-electron chi connectivity index (χ4n) is 2.44. The lowest BCUT2D eigenvalue weighted by molar-refractivity contribution is -0.137. The minimum absolute atomic E-state index is 0.0186. The summed E-state index contributed by atoms with van der Waals surface area (Å²) in [6, 6.07) is 5.80. The van der Waals surface area contributed by atoms with Gasteiger partial charge >= 0.3 is 5.97 Å². The van der Waals surface area contributed by atoms with Gasteiger partial charge in [0.25, 0.3) is 0 Å². The Balaban J connectivity index is 2.15. The van der Waals surface area contributed by atoms with Crippen LogP contribution in [0.2, 0.25) is 0 Å². The van der Waals surface area contributed by atoms with Gasteiger partial charge in [-0.2, -0.15) is 4.31 Å². The largest absolute Gasteiger partial charge is 0.481 e. The molecular formula is C14H17NO5S. The second kappa shape index (κ2) is 5.95. The number of nitrogens with zero attached hydrogens (tertiary/aromatic N) is 1. The van der Waals surface area contributed by atoms with Gasteiger partial charge in [-0.3, -0.25) is 9.59 Å². The number of sulfonamides is 1. The molecule has 114 valence electrons. The molecule has 1 N–H and O–H groups in total. The first-order chi connectivity index (χ1) is 9.80. The van der Waals surface area contributed by atoms with Crippen LogP contribution in [0.3, 0.4) is 0 Å². The highest BCUT2D eigenvalue weighted by atomic mass is 32.2. The van der Waals surface area contributed by atoms with Crippen LogP contribution in [-0.2, 0) is 14.8 Å². The Bertz CT molecular complexity index is 650. The van der Waals surface area contributed by atoms with Crippen molar-refractivity contribution in [1.82, 2.24) is 4.31 Å². The van der Waals surface area contributed by atoms with E-state index in [0.717, 1.165) is 0 Å². The zero-order valence-corrected chi connectivity index (χ0v) is 12.5. The molecule has 1 aromatic carbocycles. The second-order valence-electron chi connectivity index (χ2n) is 5.20. The number of benzene rings is 1. The van der Waals surface area contributed by atoms with Gasteiger partial charge in [0.2, 0.25) is 10.0 Å². The fraction of sp³-hybridized carbons (Fsp3) is 0.429. The zero-order chi connectivity index (χ0) is 15.6. The van der Waals surface area contributed by atoms with Gasteiger partial charge in [-0.15, -0.1) is 0 Å². The zero-order valence-electron chi connectivity index (χ0n) is 11.7. The SMILES string of the molecule is CC(=O)c1ccc(S(=O)(=O)N2CCC(CC(=O)O)C2)cc1. The quantitative estimate of drug-likeness (QED) is 0.829. The van der Waals surface area contributed by atoms with E-state index in [1.54, 1.807) is 0 Å². The lowest BCUT2D eigenvalue weighted by Gasteiger charge is -2.16. The lowest BCUT2D eigenvalue weighted by Crippen LogP contribution is -2.29. The average molecular weight is 311 g/mol. The van der Waals surface area contributed by atoms with E-state index >= 15 is 0 Å². The van der Waals surface area contributed by atoms with Crippen molar-refractivity contribution in [2.24, 2.45) is 5.92 Å². The smallest absolute Gasteiger partial charge is 0.303 e. The lowest BCUT2D eigenvalue weighted by atomic mass is 10.1. The van der Waals surface area contributed by atoms with Crippen molar-refractivity contribution in [2.75, 3.05) is 13.1 Å². The topological polar surface area (TPSA) is 91.8 Å². The van der Waals surface area contributed by atoms with Crippen LogP contribution in [0.1, 0.15) is 30.1 Å². The molecule has 0 saturated carbocycles. The summed E-state index contributed by atoms with van der Waals surface area (Å²) in [5.41, 5.74) is 0.458. The molecule has 0 aromatic heterocycles. The molecule has 6 nitrogen and oxygen atoms in total. The van der Waals surface area contributed by atoms with Crippen LogP contribution < -0.4 is 0 Å². The number of ketones is 1. The van der Waals surface area contributed by atoms with Crippen LogP contribution in [0.4, 0.5) is 0 Å². The number of hydrogen-bond donors (Lipinski definition) is 1. The van der Waals surface area contributed by atoms with Crippen molar-refractivity contribution >= 4 is 21.8 Å². The first kappa shape index (κ1) is 15.7. The number of rotatable bonds is 5. The molecule has 1 heterocycles. The van der Waals surface area contributed by atoms with Crippen molar-refractivity contribution in [3.05, 3.63) is 29.8 Å². The third kappa shape index (κ3) is 3.48. The molecule has 0 amide bonds. The summed E-state index contributed by atoms with van der Waals surface area (Å²) in [6.07, 6.45) is 0.534. The summed E-state index contributed by atoms with van der Waals surface area (Å²) in [5, 5.41) is 8.76. The summed E-state index contributed by atoms with van der Waals surface area (Å²) in [6.45, 7) is 1.97. The van der Waals surface area contributed by atoms with Gasteiger partial charge < -0.3 is 5.11 Å². The van der Waals surface area contributed by atoms with Crippen LogP contribution in [0.25, 0.3) is 0 Å². The highest BCUT2D eigenvalue weighted by molar-refractivity contribution is 7.89. The van der Waals surface area contributed by atoms with Gasteiger partial charge in [0, 0.05) is 25.1 Å². The molecule has 1 aliphatic rings. The van der Waals surface area contributed by atoms with Crippen molar-refractivity contribution in [3.8, 4) is 0 Å². The number of Topliss-reactive ketones (excluding diaryl/α,β-unsaturated/α-hetero) is 1. The van der Waals surface area contributed by atoms with Gasteiger partial charge in [-0.05, 0) is 31.4 Å². The highest BCUT2D eigenvalue weighted by Gasteiger charge is 2.33. The maximum Gasteiger partial charge on any atom is 0.303 e. The molecule has 21 heavy (non-hydrogen) atoms. The summed E-state index contributed by atoms with van der Waals surface area (Å²) < 4.78 is 26.2. The van der Waals surface area contributed by atoms with E-state index in [9.17, 15) is 18.0 Å². The van der Waals surface area contributed by atoms with Crippen molar-refractivity contribution in [2.45, 2.75) is 24.7 Å². The number of hydrogen-bond acceptors (Lipinski definition) is 4. The van der Waals surface area contributed by atoms with Gasteiger partial charge in [0.05, 0.1) is 4.90 Å². The fourth-order valence-corrected chi connectivity index (χ4v) is 3.97. The van der Waals surface area contributed by atoms with Crippen LogP contribution in [0.15, 0.2) is 29.2 Å². The van der Waals surface area contributed by atoms with Crippen LogP contribution in [-0.4, -0.2) is 42.7 Å². The molecule has 1 aliphatic heterocycles. The van der Waals surface area contributed by atoms with E-state index in [-0.39, 0.29) is 29.6 Å². The van der Waals surface area contributed by atoms with Crippen LogP contribution in [0.5, 0.6) is 0 Å². The van der Waals surface area contributed by atoms with E-state index in [1.165, 1.54) is 35.5 Å². The second-order valence-corrected chi connectivity index (χ2v) is 7.13. The number of carbonyl (C=O) groups is 2. The maximum atomic E-state index is 12.4.